The van der Waals surface area contributed by atoms with E-state index in [0.29, 0.717) is 17.8 Å². The van der Waals surface area contributed by atoms with Crippen LogP contribution in [0.15, 0.2) is 35.5 Å². The summed E-state index contributed by atoms with van der Waals surface area (Å²) in [6.45, 7) is 1.78. The molecule has 0 aliphatic heterocycles. The molecule has 0 bridgehead atoms. The number of aromatic amines is 1. The summed E-state index contributed by atoms with van der Waals surface area (Å²) >= 11 is 0. The number of rotatable bonds is 5. The molecule has 1 heterocycles. The fourth-order valence-corrected chi connectivity index (χ4v) is 2.61. The number of benzene rings is 1. The van der Waals surface area contributed by atoms with Crippen molar-refractivity contribution in [2.45, 2.75) is 18.2 Å². The Hall–Kier alpha value is -1.73. The molecule has 2 N–H and O–H groups in total. The molecule has 0 atom stereocenters. The smallest absolute Gasteiger partial charge is 0.240 e. The first-order valence-corrected chi connectivity index (χ1v) is 7.21. The third-order valence-corrected chi connectivity index (χ3v) is 4.12. The highest BCUT2D eigenvalue weighted by molar-refractivity contribution is 7.89. The van der Waals surface area contributed by atoms with Crippen molar-refractivity contribution >= 4 is 10.0 Å². The minimum absolute atomic E-state index is 0.0740. The molecule has 5 nitrogen and oxygen atoms in total. The van der Waals surface area contributed by atoms with Crippen molar-refractivity contribution in [1.82, 2.24) is 14.7 Å². The van der Waals surface area contributed by atoms with Crippen LogP contribution in [0.5, 0.6) is 0 Å². The number of imidazole rings is 1. The Balaban J connectivity index is 2.03. The maximum absolute atomic E-state index is 13.3. The summed E-state index contributed by atoms with van der Waals surface area (Å²) in [5.74, 6) is 0.159. The molecule has 0 aliphatic rings. The number of hydrogen-bond donors (Lipinski definition) is 2. The predicted molar refractivity (Wildman–Crippen MR) is 68.6 cm³/mol. The Labute approximate surface area is 110 Å². The number of aromatic nitrogens is 2. The van der Waals surface area contributed by atoms with E-state index < -0.39 is 15.8 Å². The molecule has 2 aromatic rings. The summed E-state index contributed by atoms with van der Waals surface area (Å²) < 4.78 is 39.6. The van der Waals surface area contributed by atoms with Gasteiger partial charge in [-0.15, -0.1) is 0 Å². The second-order valence-corrected chi connectivity index (χ2v) is 5.86. The Kier molecular flexibility index (Phi) is 3.96. The van der Waals surface area contributed by atoms with E-state index in [1.54, 1.807) is 19.3 Å². The minimum Gasteiger partial charge on any atom is -0.349 e. The molecule has 0 saturated heterocycles. The SMILES string of the molecule is Cc1ccc(S(=O)(=O)NCCc2ncc[nH]2)cc1F. The van der Waals surface area contributed by atoms with Crippen LogP contribution < -0.4 is 4.72 Å². The van der Waals surface area contributed by atoms with Crippen LogP contribution in [-0.4, -0.2) is 24.9 Å². The first-order chi connectivity index (χ1) is 8.99. The molecule has 19 heavy (non-hydrogen) atoms. The van der Waals surface area contributed by atoms with Gasteiger partial charge >= 0.3 is 0 Å². The van der Waals surface area contributed by atoms with E-state index in [4.69, 9.17) is 0 Å². The molecule has 0 aliphatic carbocycles. The zero-order valence-electron chi connectivity index (χ0n) is 10.4. The number of sulfonamides is 1. The van der Waals surface area contributed by atoms with Gasteiger partial charge in [0.1, 0.15) is 11.6 Å². The largest absolute Gasteiger partial charge is 0.349 e. The highest BCUT2D eigenvalue weighted by atomic mass is 32.2. The summed E-state index contributed by atoms with van der Waals surface area (Å²) in [6, 6.07) is 3.84. The number of halogens is 1. The molecule has 0 fully saturated rings. The molecular formula is C12H14FN3O2S. The fourth-order valence-electron chi connectivity index (χ4n) is 1.56. The van der Waals surface area contributed by atoms with Crippen LogP contribution in [0.1, 0.15) is 11.4 Å². The van der Waals surface area contributed by atoms with Crippen molar-refractivity contribution in [2.24, 2.45) is 0 Å². The maximum atomic E-state index is 13.3. The molecule has 1 aromatic carbocycles. The zero-order chi connectivity index (χ0) is 13.9. The lowest BCUT2D eigenvalue weighted by atomic mass is 10.2. The van der Waals surface area contributed by atoms with Crippen molar-refractivity contribution in [3.8, 4) is 0 Å². The molecule has 102 valence electrons. The van der Waals surface area contributed by atoms with E-state index >= 15 is 0 Å². The van der Waals surface area contributed by atoms with Gasteiger partial charge in [0, 0.05) is 25.4 Å². The molecule has 0 unspecified atom stereocenters. The molecule has 7 heteroatoms. The molecule has 0 radical (unpaired) electrons. The van der Waals surface area contributed by atoms with Gasteiger partial charge in [-0.2, -0.15) is 0 Å². The quantitative estimate of drug-likeness (QED) is 0.870. The first-order valence-electron chi connectivity index (χ1n) is 5.73. The summed E-state index contributed by atoms with van der Waals surface area (Å²) in [5, 5.41) is 0. The highest BCUT2D eigenvalue weighted by Gasteiger charge is 2.15. The lowest BCUT2D eigenvalue weighted by molar-refractivity contribution is 0.576. The van der Waals surface area contributed by atoms with Gasteiger partial charge in [-0.3, -0.25) is 0 Å². The molecular weight excluding hydrogens is 269 g/mol. The van der Waals surface area contributed by atoms with E-state index in [2.05, 4.69) is 14.7 Å². The molecule has 1 aromatic heterocycles. The van der Waals surface area contributed by atoms with E-state index in [9.17, 15) is 12.8 Å². The van der Waals surface area contributed by atoms with Crippen molar-refractivity contribution in [2.75, 3.05) is 6.54 Å². The van der Waals surface area contributed by atoms with E-state index in [1.165, 1.54) is 12.1 Å². The van der Waals surface area contributed by atoms with E-state index in [0.717, 1.165) is 6.07 Å². The number of hydrogen-bond acceptors (Lipinski definition) is 3. The number of H-pyrrole nitrogens is 1. The second kappa shape index (κ2) is 5.50. The zero-order valence-corrected chi connectivity index (χ0v) is 11.2. The van der Waals surface area contributed by atoms with Crippen LogP contribution in [-0.2, 0) is 16.4 Å². The van der Waals surface area contributed by atoms with Crippen LogP contribution in [0, 0.1) is 12.7 Å². The monoisotopic (exact) mass is 283 g/mol. The third kappa shape index (κ3) is 3.39. The lowest BCUT2D eigenvalue weighted by Gasteiger charge is -2.06. The molecule has 2 rings (SSSR count). The maximum Gasteiger partial charge on any atom is 0.240 e. The molecule has 0 saturated carbocycles. The summed E-state index contributed by atoms with van der Waals surface area (Å²) in [7, 11) is -3.68. The van der Waals surface area contributed by atoms with Crippen molar-refractivity contribution in [1.29, 1.82) is 0 Å². The lowest BCUT2D eigenvalue weighted by Crippen LogP contribution is -2.26. The summed E-state index contributed by atoms with van der Waals surface area (Å²) in [4.78, 5) is 6.78. The van der Waals surface area contributed by atoms with Gasteiger partial charge in [-0.05, 0) is 24.6 Å². The third-order valence-electron chi connectivity index (χ3n) is 2.66. The van der Waals surface area contributed by atoms with Crippen molar-refractivity contribution in [3.63, 3.8) is 0 Å². The number of aryl methyl sites for hydroxylation is 1. The fraction of sp³-hybridized carbons (Fsp3) is 0.250. The van der Waals surface area contributed by atoms with Gasteiger partial charge < -0.3 is 4.98 Å². The van der Waals surface area contributed by atoms with Gasteiger partial charge in [-0.1, -0.05) is 6.07 Å². The second-order valence-electron chi connectivity index (χ2n) is 4.09. The van der Waals surface area contributed by atoms with Crippen LogP contribution in [0.3, 0.4) is 0 Å². The standard InChI is InChI=1S/C12H14FN3O2S/c1-9-2-3-10(8-11(9)13)19(17,18)16-5-4-12-14-6-7-15-12/h2-3,6-8,16H,4-5H2,1H3,(H,14,15). The Bertz CT molecular complexity index is 654. The van der Waals surface area contributed by atoms with Crippen molar-refractivity contribution < 1.29 is 12.8 Å². The van der Waals surface area contributed by atoms with E-state index in [-0.39, 0.29) is 11.4 Å². The summed E-state index contributed by atoms with van der Waals surface area (Å²) in [6.07, 6.45) is 3.71. The normalized spacial score (nSPS) is 11.7. The van der Waals surface area contributed by atoms with Crippen LogP contribution in [0.25, 0.3) is 0 Å². The average molecular weight is 283 g/mol. The van der Waals surface area contributed by atoms with Crippen LogP contribution in [0.4, 0.5) is 4.39 Å². The van der Waals surface area contributed by atoms with Gasteiger partial charge in [0.15, 0.2) is 0 Å². The number of nitrogens with zero attached hydrogens (tertiary/aromatic N) is 1. The number of nitrogens with one attached hydrogen (secondary N) is 2. The molecule has 0 spiro atoms. The average Bonchev–Trinajstić information content (AvgIpc) is 2.85. The van der Waals surface area contributed by atoms with Crippen molar-refractivity contribution in [3.05, 3.63) is 47.8 Å². The topological polar surface area (TPSA) is 74.8 Å². The van der Waals surface area contributed by atoms with Gasteiger partial charge in [-0.25, -0.2) is 22.5 Å². The predicted octanol–water partition coefficient (Wildman–Crippen LogP) is 1.38. The molecule has 0 amide bonds. The summed E-state index contributed by atoms with van der Waals surface area (Å²) in [5.41, 5.74) is 0.412. The van der Waals surface area contributed by atoms with Crippen LogP contribution >= 0.6 is 0 Å². The minimum atomic E-state index is -3.68. The Morgan fingerprint density at radius 3 is 2.84 bits per heavy atom. The van der Waals surface area contributed by atoms with Gasteiger partial charge in [0.25, 0.3) is 0 Å². The Morgan fingerprint density at radius 2 is 2.21 bits per heavy atom. The Morgan fingerprint density at radius 1 is 1.42 bits per heavy atom. The van der Waals surface area contributed by atoms with Crippen LogP contribution in [0.2, 0.25) is 0 Å². The van der Waals surface area contributed by atoms with Gasteiger partial charge in [0.2, 0.25) is 10.0 Å². The highest BCUT2D eigenvalue weighted by Crippen LogP contribution is 2.13. The van der Waals surface area contributed by atoms with Gasteiger partial charge in [0.05, 0.1) is 4.90 Å². The first kappa shape index (κ1) is 13.7. The van der Waals surface area contributed by atoms with E-state index in [1.807, 2.05) is 0 Å².